The number of thiazole rings is 1. The molecule has 1 heterocycles. The molecule has 0 saturated heterocycles. The highest BCUT2D eigenvalue weighted by molar-refractivity contribution is 7.09. The number of ether oxygens (including phenoxy) is 1. The van der Waals surface area contributed by atoms with Crippen molar-refractivity contribution in [3.8, 4) is 5.75 Å². The van der Waals surface area contributed by atoms with Crippen molar-refractivity contribution in [3.05, 3.63) is 45.4 Å². The lowest BCUT2D eigenvalue weighted by Gasteiger charge is -2.09. The van der Waals surface area contributed by atoms with Gasteiger partial charge < -0.3 is 10.5 Å². The highest BCUT2D eigenvalue weighted by Crippen LogP contribution is 2.24. The van der Waals surface area contributed by atoms with Crippen LogP contribution in [0.4, 0.5) is 0 Å². The summed E-state index contributed by atoms with van der Waals surface area (Å²) in [6, 6.07) is 6.33. The van der Waals surface area contributed by atoms with E-state index in [1.807, 2.05) is 6.07 Å². The van der Waals surface area contributed by atoms with Gasteiger partial charge in [-0.3, -0.25) is 0 Å². The van der Waals surface area contributed by atoms with E-state index in [9.17, 15) is 0 Å². The van der Waals surface area contributed by atoms with Crippen LogP contribution in [0, 0.1) is 0 Å². The number of hydrogen-bond donors (Lipinski definition) is 1. The molecule has 0 saturated carbocycles. The highest BCUT2D eigenvalue weighted by Gasteiger charge is 2.08. The zero-order valence-corrected chi connectivity index (χ0v) is 11.6. The van der Waals surface area contributed by atoms with E-state index < -0.39 is 0 Å². The average Bonchev–Trinajstić information content (AvgIpc) is 2.86. The Kier molecular flexibility index (Phi) is 4.33. The van der Waals surface area contributed by atoms with Crippen LogP contribution < -0.4 is 10.5 Å². The Balaban J connectivity index is 2.25. The normalized spacial score (nSPS) is 10.6. The van der Waals surface area contributed by atoms with Gasteiger partial charge in [0.2, 0.25) is 0 Å². The van der Waals surface area contributed by atoms with Crippen LogP contribution in [-0.2, 0) is 19.4 Å². The van der Waals surface area contributed by atoms with E-state index in [0.717, 1.165) is 29.3 Å². The van der Waals surface area contributed by atoms with E-state index in [-0.39, 0.29) is 0 Å². The molecular formula is C14H18N2OS. The summed E-state index contributed by atoms with van der Waals surface area (Å²) in [5, 5.41) is 3.05. The molecule has 0 unspecified atom stereocenters. The molecule has 0 aliphatic carbocycles. The fourth-order valence-electron chi connectivity index (χ4n) is 1.91. The van der Waals surface area contributed by atoms with E-state index in [4.69, 9.17) is 10.5 Å². The second kappa shape index (κ2) is 5.98. The molecule has 1 aromatic heterocycles. The van der Waals surface area contributed by atoms with Gasteiger partial charge >= 0.3 is 0 Å². The smallest absolute Gasteiger partial charge is 0.122 e. The number of nitrogens with zero attached hydrogens (tertiary/aromatic N) is 1. The number of methoxy groups -OCH3 is 1. The van der Waals surface area contributed by atoms with Gasteiger partial charge in [-0.1, -0.05) is 19.1 Å². The summed E-state index contributed by atoms with van der Waals surface area (Å²) in [6.45, 7) is 2.66. The second-order valence-corrected chi connectivity index (χ2v) is 5.06. The van der Waals surface area contributed by atoms with Crippen molar-refractivity contribution in [2.75, 3.05) is 7.11 Å². The minimum absolute atomic E-state index is 0.511. The molecule has 4 heteroatoms. The standard InChI is InChI=1S/C14H18N2OS/c1-3-10-4-5-13(17-2)11(6-10)7-12-9-18-14(8-15)16-12/h4-6,9H,3,7-8,15H2,1-2H3. The van der Waals surface area contributed by atoms with Gasteiger partial charge in [-0.25, -0.2) is 4.98 Å². The Morgan fingerprint density at radius 3 is 2.83 bits per heavy atom. The molecule has 0 amide bonds. The van der Waals surface area contributed by atoms with Gasteiger partial charge in [0.05, 0.1) is 12.8 Å². The highest BCUT2D eigenvalue weighted by atomic mass is 32.1. The lowest BCUT2D eigenvalue weighted by Crippen LogP contribution is -1.98. The molecule has 0 spiro atoms. The van der Waals surface area contributed by atoms with Crippen molar-refractivity contribution >= 4 is 11.3 Å². The fourth-order valence-corrected chi connectivity index (χ4v) is 2.58. The maximum atomic E-state index is 5.58. The summed E-state index contributed by atoms with van der Waals surface area (Å²) in [6.07, 6.45) is 1.83. The summed E-state index contributed by atoms with van der Waals surface area (Å²) < 4.78 is 5.40. The molecule has 2 N–H and O–H groups in total. The maximum absolute atomic E-state index is 5.58. The fraction of sp³-hybridized carbons (Fsp3) is 0.357. The average molecular weight is 262 g/mol. The van der Waals surface area contributed by atoms with E-state index in [0.29, 0.717) is 6.54 Å². The van der Waals surface area contributed by atoms with Crippen LogP contribution in [-0.4, -0.2) is 12.1 Å². The van der Waals surface area contributed by atoms with Crippen molar-refractivity contribution in [2.45, 2.75) is 26.3 Å². The quantitative estimate of drug-likeness (QED) is 0.901. The van der Waals surface area contributed by atoms with Gasteiger partial charge in [0.1, 0.15) is 10.8 Å². The summed E-state index contributed by atoms with van der Waals surface area (Å²) in [4.78, 5) is 4.49. The summed E-state index contributed by atoms with van der Waals surface area (Å²) in [7, 11) is 1.71. The molecule has 0 radical (unpaired) electrons. The molecule has 0 fully saturated rings. The Bertz CT molecular complexity index is 522. The van der Waals surface area contributed by atoms with Gasteiger partial charge in [0, 0.05) is 23.9 Å². The number of aryl methyl sites for hydroxylation is 1. The van der Waals surface area contributed by atoms with Crippen LogP contribution >= 0.6 is 11.3 Å². The minimum atomic E-state index is 0.511. The van der Waals surface area contributed by atoms with Gasteiger partial charge in [-0.2, -0.15) is 0 Å². The summed E-state index contributed by atoms with van der Waals surface area (Å²) in [5.41, 5.74) is 9.15. The number of hydrogen-bond acceptors (Lipinski definition) is 4. The molecule has 0 bridgehead atoms. The Hall–Kier alpha value is -1.39. The lowest BCUT2D eigenvalue weighted by molar-refractivity contribution is 0.410. The third kappa shape index (κ3) is 2.89. The van der Waals surface area contributed by atoms with Crippen LogP contribution in [0.15, 0.2) is 23.6 Å². The number of nitrogens with two attached hydrogens (primary N) is 1. The number of rotatable bonds is 5. The predicted molar refractivity (Wildman–Crippen MR) is 75.2 cm³/mol. The molecule has 0 atom stereocenters. The first-order chi connectivity index (χ1) is 8.76. The van der Waals surface area contributed by atoms with Crippen molar-refractivity contribution in [2.24, 2.45) is 5.73 Å². The first-order valence-corrected chi connectivity index (χ1v) is 6.94. The van der Waals surface area contributed by atoms with Gasteiger partial charge in [-0.05, 0) is 18.1 Å². The van der Waals surface area contributed by atoms with E-state index in [2.05, 4.69) is 29.4 Å². The third-order valence-electron chi connectivity index (χ3n) is 2.90. The molecule has 3 nitrogen and oxygen atoms in total. The van der Waals surface area contributed by atoms with Crippen molar-refractivity contribution in [1.29, 1.82) is 0 Å². The molecule has 0 aliphatic rings. The van der Waals surface area contributed by atoms with Gasteiger partial charge in [-0.15, -0.1) is 11.3 Å². The minimum Gasteiger partial charge on any atom is -0.496 e. The van der Waals surface area contributed by atoms with E-state index >= 15 is 0 Å². The van der Waals surface area contributed by atoms with Crippen molar-refractivity contribution < 1.29 is 4.74 Å². The molecule has 1 aromatic carbocycles. The SMILES string of the molecule is CCc1ccc(OC)c(Cc2csc(CN)n2)c1. The molecule has 2 aromatic rings. The van der Waals surface area contributed by atoms with E-state index in [1.54, 1.807) is 18.4 Å². The predicted octanol–water partition coefficient (Wildman–Crippen LogP) is 2.76. The monoisotopic (exact) mass is 262 g/mol. The Morgan fingerprint density at radius 2 is 2.22 bits per heavy atom. The summed E-state index contributed by atoms with van der Waals surface area (Å²) in [5.74, 6) is 0.925. The molecule has 96 valence electrons. The number of aromatic nitrogens is 1. The third-order valence-corrected chi connectivity index (χ3v) is 3.82. The van der Waals surface area contributed by atoms with Crippen molar-refractivity contribution in [3.63, 3.8) is 0 Å². The van der Waals surface area contributed by atoms with Crippen LogP contribution in [0.3, 0.4) is 0 Å². The lowest BCUT2D eigenvalue weighted by atomic mass is 10.0. The second-order valence-electron chi connectivity index (χ2n) is 4.11. The summed E-state index contributed by atoms with van der Waals surface area (Å²) >= 11 is 1.62. The Labute approximate surface area is 112 Å². The van der Waals surface area contributed by atoms with Crippen LogP contribution in [0.25, 0.3) is 0 Å². The molecule has 18 heavy (non-hydrogen) atoms. The van der Waals surface area contributed by atoms with Crippen LogP contribution in [0.2, 0.25) is 0 Å². The van der Waals surface area contributed by atoms with Crippen LogP contribution in [0.1, 0.15) is 28.8 Å². The first kappa shape index (κ1) is 13.1. The van der Waals surface area contributed by atoms with E-state index in [1.165, 1.54) is 11.1 Å². The number of benzene rings is 1. The van der Waals surface area contributed by atoms with Crippen molar-refractivity contribution in [1.82, 2.24) is 4.98 Å². The molecular weight excluding hydrogens is 244 g/mol. The topological polar surface area (TPSA) is 48.1 Å². The van der Waals surface area contributed by atoms with Gasteiger partial charge in [0.15, 0.2) is 0 Å². The van der Waals surface area contributed by atoms with Crippen LogP contribution in [0.5, 0.6) is 5.75 Å². The zero-order valence-electron chi connectivity index (χ0n) is 10.8. The Morgan fingerprint density at radius 1 is 1.39 bits per heavy atom. The van der Waals surface area contributed by atoms with Gasteiger partial charge in [0.25, 0.3) is 0 Å². The first-order valence-electron chi connectivity index (χ1n) is 6.06. The molecule has 0 aliphatic heterocycles. The zero-order chi connectivity index (χ0) is 13.0. The molecule has 2 rings (SSSR count). The largest absolute Gasteiger partial charge is 0.496 e. The maximum Gasteiger partial charge on any atom is 0.122 e.